The molecule has 0 amide bonds. The van der Waals surface area contributed by atoms with E-state index < -0.39 is 0 Å². The van der Waals surface area contributed by atoms with E-state index in [1.54, 1.807) is 0 Å². The normalized spacial score (nSPS) is 11.4. The van der Waals surface area contributed by atoms with Gasteiger partial charge >= 0.3 is 0 Å². The second-order valence-corrected chi connectivity index (χ2v) is 19.0. The minimum atomic E-state index is 1.09. The first-order valence-electron chi connectivity index (χ1n) is 24.0. The summed E-state index contributed by atoms with van der Waals surface area (Å²) in [6.07, 6.45) is 0. The summed E-state index contributed by atoms with van der Waals surface area (Å²) in [5, 5.41) is 7.53. The Kier molecular flexibility index (Phi) is 10.5. The van der Waals surface area contributed by atoms with Gasteiger partial charge in [0, 0.05) is 37.1 Å². The predicted octanol–water partition coefficient (Wildman–Crippen LogP) is 19.8. The number of thiophene rings is 1. The summed E-state index contributed by atoms with van der Waals surface area (Å²) in [6, 6.07) is 99.9. The highest BCUT2D eigenvalue weighted by atomic mass is 32.1. The van der Waals surface area contributed by atoms with E-state index in [1.807, 2.05) is 11.3 Å². The maximum Gasteiger partial charge on any atom is 0.0555 e. The van der Waals surface area contributed by atoms with E-state index in [4.69, 9.17) is 0 Å². The minimum absolute atomic E-state index is 1.09. The lowest BCUT2D eigenvalue weighted by atomic mass is 9.89. The molecule has 0 aliphatic carbocycles. The zero-order valence-corrected chi connectivity index (χ0v) is 39.2. The molecule has 0 unspecified atom stereocenters. The van der Waals surface area contributed by atoms with Crippen LogP contribution in [-0.4, -0.2) is 0 Å². The summed E-state index contributed by atoms with van der Waals surface area (Å²) in [6.45, 7) is 0. The van der Waals surface area contributed by atoms with Gasteiger partial charge in [-0.3, -0.25) is 0 Å². The van der Waals surface area contributed by atoms with Crippen LogP contribution in [-0.2, 0) is 0 Å². The van der Waals surface area contributed by atoms with Crippen LogP contribution in [0.3, 0.4) is 0 Å². The van der Waals surface area contributed by atoms with Crippen molar-refractivity contribution >= 4 is 70.1 Å². The minimum Gasteiger partial charge on any atom is -0.310 e. The van der Waals surface area contributed by atoms with Crippen LogP contribution in [0.15, 0.2) is 273 Å². The van der Waals surface area contributed by atoms with Crippen molar-refractivity contribution < 1.29 is 0 Å². The van der Waals surface area contributed by atoms with Crippen molar-refractivity contribution in [3.8, 4) is 66.8 Å². The molecule has 13 aromatic rings. The molecular weight excluding hydrogens is 863 g/mol. The van der Waals surface area contributed by atoms with E-state index in [0.717, 1.165) is 17.1 Å². The number of nitrogens with zero attached hydrogens (tertiary/aromatic N) is 1. The molecule has 2 heteroatoms. The fourth-order valence-electron chi connectivity index (χ4n) is 10.5. The van der Waals surface area contributed by atoms with Gasteiger partial charge in [-0.2, -0.15) is 0 Å². The molecule has 0 aliphatic rings. The molecule has 0 saturated heterocycles. The van der Waals surface area contributed by atoms with Crippen LogP contribution >= 0.6 is 11.3 Å². The first kappa shape index (κ1) is 41.4. The van der Waals surface area contributed by atoms with Gasteiger partial charge in [-0.1, -0.05) is 231 Å². The first-order chi connectivity index (χ1) is 34.7. The number of anilines is 3. The zero-order valence-electron chi connectivity index (χ0n) is 38.3. The zero-order chi connectivity index (χ0) is 46.4. The Labute approximate surface area is 412 Å². The molecule has 0 bridgehead atoms. The van der Waals surface area contributed by atoms with E-state index in [0.29, 0.717) is 0 Å². The van der Waals surface area contributed by atoms with Crippen molar-refractivity contribution in [2.75, 3.05) is 4.90 Å². The Morgan fingerprint density at radius 1 is 0.257 bits per heavy atom. The summed E-state index contributed by atoms with van der Waals surface area (Å²) in [7, 11) is 0. The fourth-order valence-corrected chi connectivity index (χ4v) is 11.7. The standard InChI is InChI=1S/C68H45NS/c1-2-16-50(17-3-1)57-22-8-10-24-60(57)61-25-11-9-23-59(61)52-37-41-56(42-38-52)69(55-39-35-48(36-40-55)47-29-31-49(32-30-47)54-34-33-46-15-4-5-19-53(46)45-54)65-44-43-63(62-27-14-20-51-18-6-7-21-58(51)62)68-67(65)64-26-12-13-28-66(64)70-68/h1-45H. The van der Waals surface area contributed by atoms with Crippen LogP contribution in [0.4, 0.5) is 17.1 Å². The lowest BCUT2D eigenvalue weighted by molar-refractivity contribution is 1.30. The third kappa shape index (κ3) is 7.43. The Hall–Kier alpha value is -8.82. The lowest BCUT2D eigenvalue weighted by Crippen LogP contribution is -2.10. The SMILES string of the molecule is c1ccc(-c2ccccc2-c2ccccc2-c2ccc(N(c3ccc(-c4ccc(-c5ccc6ccccc6c5)cc4)cc3)c3ccc(-c4cccc5ccccc45)c4sc5ccccc5c34)cc2)cc1. The van der Waals surface area contributed by atoms with Gasteiger partial charge in [0.2, 0.25) is 0 Å². The summed E-state index contributed by atoms with van der Waals surface area (Å²) in [4.78, 5) is 2.46. The highest BCUT2D eigenvalue weighted by molar-refractivity contribution is 7.26. The molecule has 0 radical (unpaired) electrons. The summed E-state index contributed by atoms with van der Waals surface area (Å²) in [5.74, 6) is 0. The lowest BCUT2D eigenvalue weighted by Gasteiger charge is -2.27. The predicted molar refractivity (Wildman–Crippen MR) is 302 cm³/mol. The maximum absolute atomic E-state index is 2.46. The van der Waals surface area contributed by atoms with E-state index >= 15 is 0 Å². The molecule has 12 aromatic carbocycles. The maximum atomic E-state index is 2.46. The van der Waals surface area contributed by atoms with Crippen LogP contribution in [0.2, 0.25) is 0 Å². The third-order valence-corrected chi connectivity index (χ3v) is 15.1. The van der Waals surface area contributed by atoms with E-state index in [9.17, 15) is 0 Å². The summed E-state index contributed by atoms with van der Waals surface area (Å²) >= 11 is 1.89. The largest absolute Gasteiger partial charge is 0.310 e. The van der Waals surface area contributed by atoms with Crippen molar-refractivity contribution in [1.29, 1.82) is 0 Å². The Morgan fingerprint density at radius 3 is 1.41 bits per heavy atom. The molecule has 0 aliphatic heterocycles. The molecule has 0 atom stereocenters. The van der Waals surface area contributed by atoms with Gasteiger partial charge in [0.1, 0.15) is 0 Å². The van der Waals surface area contributed by atoms with Crippen molar-refractivity contribution in [3.05, 3.63) is 273 Å². The van der Waals surface area contributed by atoms with Crippen LogP contribution < -0.4 is 4.90 Å². The number of hydrogen-bond acceptors (Lipinski definition) is 2. The number of benzene rings is 12. The quantitative estimate of drug-likeness (QED) is 0.139. The Balaban J connectivity index is 0.939. The molecule has 13 rings (SSSR count). The molecule has 1 heterocycles. The second-order valence-electron chi connectivity index (χ2n) is 18.0. The molecule has 0 N–H and O–H groups in total. The van der Waals surface area contributed by atoms with Gasteiger partial charge in [0.05, 0.1) is 5.69 Å². The average molecular weight is 908 g/mol. The van der Waals surface area contributed by atoms with Gasteiger partial charge in [-0.05, 0) is 125 Å². The van der Waals surface area contributed by atoms with Gasteiger partial charge < -0.3 is 4.90 Å². The van der Waals surface area contributed by atoms with Gasteiger partial charge in [-0.25, -0.2) is 0 Å². The molecule has 0 saturated carbocycles. The molecule has 328 valence electrons. The number of rotatable bonds is 9. The van der Waals surface area contributed by atoms with Gasteiger partial charge in [0.15, 0.2) is 0 Å². The van der Waals surface area contributed by atoms with Crippen molar-refractivity contribution in [2.24, 2.45) is 0 Å². The smallest absolute Gasteiger partial charge is 0.0555 e. The summed E-state index contributed by atoms with van der Waals surface area (Å²) in [5.41, 5.74) is 17.9. The van der Waals surface area contributed by atoms with Crippen LogP contribution in [0, 0.1) is 0 Å². The van der Waals surface area contributed by atoms with Gasteiger partial charge in [0.25, 0.3) is 0 Å². The van der Waals surface area contributed by atoms with Crippen LogP contribution in [0.1, 0.15) is 0 Å². The summed E-state index contributed by atoms with van der Waals surface area (Å²) < 4.78 is 2.56. The third-order valence-electron chi connectivity index (χ3n) is 13.9. The van der Waals surface area contributed by atoms with Crippen molar-refractivity contribution in [2.45, 2.75) is 0 Å². The fraction of sp³-hybridized carbons (Fsp3) is 0. The molecule has 0 fully saturated rings. The molecule has 0 spiro atoms. The average Bonchev–Trinajstić information content (AvgIpc) is 3.84. The van der Waals surface area contributed by atoms with E-state index in [2.05, 4.69) is 278 Å². The highest BCUT2D eigenvalue weighted by Gasteiger charge is 2.22. The monoisotopic (exact) mass is 907 g/mol. The van der Waals surface area contributed by atoms with Crippen LogP contribution in [0.25, 0.3) is 108 Å². The number of fused-ring (bicyclic) bond motifs is 5. The molecule has 1 nitrogen and oxygen atoms in total. The highest BCUT2D eigenvalue weighted by Crippen LogP contribution is 2.50. The first-order valence-corrected chi connectivity index (χ1v) is 24.8. The molecule has 1 aromatic heterocycles. The van der Waals surface area contributed by atoms with Crippen LogP contribution in [0.5, 0.6) is 0 Å². The van der Waals surface area contributed by atoms with Crippen molar-refractivity contribution in [3.63, 3.8) is 0 Å². The molecular formula is C68H45NS. The van der Waals surface area contributed by atoms with Crippen molar-refractivity contribution in [1.82, 2.24) is 0 Å². The van der Waals surface area contributed by atoms with E-state index in [-0.39, 0.29) is 0 Å². The second kappa shape index (κ2) is 17.7. The number of hydrogen-bond donors (Lipinski definition) is 0. The van der Waals surface area contributed by atoms with Gasteiger partial charge in [-0.15, -0.1) is 11.3 Å². The molecule has 70 heavy (non-hydrogen) atoms. The topological polar surface area (TPSA) is 3.24 Å². The van der Waals surface area contributed by atoms with E-state index in [1.165, 1.54) is 108 Å². The Bertz CT molecular complexity index is 4030. The Morgan fingerprint density at radius 2 is 0.729 bits per heavy atom.